The van der Waals surface area contributed by atoms with Crippen molar-refractivity contribution in [1.82, 2.24) is 10.2 Å². The van der Waals surface area contributed by atoms with Gasteiger partial charge in [0.2, 0.25) is 0 Å². The molecule has 0 aromatic heterocycles. The Labute approximate surface area is 225 Å². The van der Waals surface area contributed by atoms with E-state index >= 15 is 0 Å². The number of anilines is 2. The fourth-order valence-corrected chi connectivity index (χ4v) is 5.12. The number of carbonyl (C=O) groups is 2. The summed E-state index contributed by atoms with van der Waals surface area (Å²) in [5.41, 5.74) is 2.83. The molecular weight excluding hydrogens is 476 g/mol. The molecule has 7 heteroatoms. The molecule has 1 saturated heterocycles. The zero-order valence-corrected chi connectivity index (χ0v) is 22.0. The van der Waals surface area contributed by atoms with Gasteiger partial charge in [-0.25, -0.2) is 9.59 Å². The van der Waals surface area contributed by atoms with Crippen LogP contribution in [0.3, 0.4) is 0 Å². The van der Waals surface area contributed by atoms with Crippen LogP contribution in [0.1, 0.15) is 31.7 Å². The zero-order chi connectivity index (χ0) is 26.6. The first-order valence-corrected chi connectivity index (χ1v) is 13.5. The predicted octanol–water partition coefficient (Wildman–Crippen LogP) is 6.16. The number of hydrogen-bond donors (Lipinski definition) is 3. The van der Waals surface area contributed by atoms with Gasteiger partial charge in [0.1, 0.15) is 6.10 Å². The first-order chi connectivity index (χ1) is 18.6. The summed E-state index contributed by atoms with van der Waals surface area (Å²) in [5.74, 6) is 0.525. The summed E-state index contributed by atoms with van der Waals surface area (Å²) in [6.45, 7) is 4.31. The van der Waals surface area contributed by atoms with Crippen LogP contribution in [0.25, 0.3) is 0 Å². The van der Waals surface area contributed by atoms with E-state index in [1.807, 2.05) is 73.7 Å². The Kier molecular flexibility index (Phi) is 10.2. The summed E-state index contributed by atoms with van der Waals surface area (Å²) >= 11 is 0. The molecule has 3 atom stereocenters. The van der Waals surface area contributed by atoms with Gasteiger partial charge in [-0.2, -0.15) is 0 Å². The highest BCUT2D eigenvalue weighted by Gasteiger charge is 2.33. The minimum absolute atomic E-state index is 0.108. The fraction of sp³-hybridized carbons (Fsp3) is 0.355. The van der Waals surface area contributed by atoms with Gasteiger partial charge in [0, 0.05) is 30.5 Å². The van der Waals surface area contributed by atoms with Crippen LogP contribution in [0.2, 0.25) is 0 Å². The Hall–Kier alpha value is -3.84. The van der Waals surface area contributed by atoms with E-state index in [0.717, 1.165) is 44.5 Å². The second-order valence-corrected chi connectivity index (χ2v) is 9.89. The second-order valence-electron chi connectivity index (χ2n) is 9.89. The molecule has 3 aromatic rings. The standard InChI is InChI=1S/C31H38N4O3/c1-24(38-31(37)34-28-16-9-4-10-17-28)29-23-26(22-25-12-5-2-6-13-25)18-21-35(29)20-11-19-32-30(36)33-27-14-7-3-8-15-27/h2-10,12-17,24,26,29H,11,18-23H2,1H3,(H,34,37)(H2,32,33,36)/t24-,26+,29+/m0/s1. The van der Waals surface area contributed by atoms with Crippen molar-refractivity contribution in [3.05, 3.63) is 96.6 Å². The first-order valence-electron chi connectivity index (χ1n) is 13.5. The third-order valence-corrected chi connectivity index (χ3v) is 7.03. The number of urea groups is 1. The van der Waals surface area contributed by atoms with Crippen molar-refractivity contribution >= 4 is 23.5 Å². The van der Waals surface area contributed by atoms with Gasteiger partial charge < -0.3 is 15.4 Å². The van der Waals surface area contributed by atoms with Crippen LogP contribution < -0.4 is 16.0 Å². The maximum atomic E-state index is 12.6. The van der Waals surface area contributed by atoms with Crippen molar-refractivity contribution in [2.75, 3.05) is 30.3 Å². The van der Waals surface area contributed by atoms with Crippen LogP contribution in [0.5, 0.6) is 0 Å². The van der Waals surface area contributed by atoms with Crippen molar-refractivity contribution in [3.8, 4) is 0 Å². The average molecular weight is 515 g/mol. The van der Waals surface area contributed by atoms with Crippen LogP contribution in [0.15, 0.2) is 91.0 Å². The van der Waals surface area contributed by atoms with Gasteiger partial charge in [-0.1, -0.05) is 66.7 Å². The van der Waals surface area contributed by atoms with Gasteiger partial charge in [0.15, 0.2) is 0 Å². The fourth-order valence-electron chi connectivity index (χ4n) is 5.12. The van der Waals surface area contributed by atoms with Crippen molar-refractivity contribution in [2.45, 2.75) is 44.8 Å². The smallest absolute Gasteiger partial charge is 0.411 e. The van der Waals surface area contributed by atoms with Gasteiger partial charge >= 0.3 is 12.1 Å². The highest BCUT2D eigenvalue weighted by Crippen LogP contribution is 2.29. The van der Waals surface area contributed by atoms with E-state index in [-0.39, 0.29) is 18.2 Å². The summed E-state index contributed by atoms with van der Waals surface area (Å²) < 4.78 is 5.86. The molecule has 4 rings (SSSR count). The quantitative estimate of drug-likeness (QED) is 0.283. The third-order valence-electron chi connectivity index (χ3n) is 7.03. The lowest BCUT2D eigenvalue weighted by Gasteiger charge is -2.42. The summed E-state index contributed by atoms with van der Waals surface area (Å²) in [6.07, 6.45) is 3.17. The lowest BCUT2D eigenvalue weighted by Crippen LogP contribution is -2.50. The van der Waals surface area contributed by atoms with Crippen molar-refractivity contribution < 1.29 is 14.3 Å². The normalized spacial score (nSPS) is 18.2. The molecule has 1 aliphatic heterocycles. The largest absolute Gasteiger partial charge is 0.445 e. The summed E-state index contributed by atoms with van der Waals surface area (Å²) in [4.78, 5) is 27.3. The molecule has 7 nitrogen and oxygen atoms in total. The lowest BCUT2D eigenvalue weighted by molar-refractivity contribution is 0.00893. The van der Waals surface area contributed by atoms with E-state index in [2.05, 4.69) is 45.1 Å². The van der Waals surface area contributed by atoms with Crippen LogP contribution in [-0.4, -0.2) is 48.8 Å². The van der Waals surface area contributed by atoms with Gasteiger partial charge in [0.25, 0.3) is 0 Å². The number of nitrogens with zero attached hydrogens (tertiary/aromatic N) is 1. The molecule has 38 heavy (non-hydrogen) atoms. The van der Waals surface area contributed by atoms with Crippen molar-refractivity contribution in [1.29, 1.82) is 0 Å². The molecule has 1 fully saturated rings. The highest BCUT2D eigenvalue weighted by molar-refractivity contribution is 5.89. The van der Waals surface area contributed by atoms with E-state index in [9.17, 15) is 9.59 Å². The van der Waals surface area contributed by atoms with E-state index in [0.29, 0.717) is 18.2 Å². The molecule has 0 saturated carbocycles. The number of piperidine rings is 1. The Balaban J connectivity index is 1.31. The number of nitrogens with one attached hydrogen (secondary N) is 3. The SMILES string of the molecule is C[C@H](OC(=O)Nc1ccccc1)[C@H]1C[C@@H](Cc2ccccc2)CCN1CCCNC(=O)Nc1ccccc1. The van der Waals surface area contributed by atoms with Crippen LogP contribution in [-0.2, 0) is 11.2 Å². The number of likely N-dealkylation sites (tertiary alicyclic amines) is 1. The van der Waals surface area contributed by atoms with E-state index < -0.39 is 6.09 Å². The van der Waals surface area contributed by atoms with E-state index in [1.54, 1.807) is 0 Å². The minimum atomic E-state index is -0.437. The second kappa shape index (κ2) is 14.2. The Bertz CT molecular complexity index is 1130. The van der Waals surface area contributed by atoms with Crippen LogP contribution >= 0.6 is 0 Å². The maximum absolute atomic E-state index is 12.6. The Morgan fingerprint density at radius 1 is 0.895 bits per heavy atom. The van der Waals surface area contributed by atoms with E-state index in [1.165, 1.54) is 5.56 Å². The number of benzene rings is 3. The Morgan fingerprint density at radius 2 is 1.50 bits per heavy atom. The minimum Gasteiger partial charge on any atom is -0.445 e. The van der Waals surface area contributed by atoms with E-state index in [4.69, 9.17) is 4.74 Å². The van der Waals surface area contributed by atoms with Gasteiger partial charge in [-0.05, 0) is 74.9 Å². The molecule has 3 N–H and O–H groups in total. The Morgan fingerprint density at radius 3 is 2.16 bits per heavy atom. The number of amides is 3. The molecule has 200 valence electrons. The predicted molar refractivity (Wildman–Crippen MR) is 152 cm³/mol. The number of rotatable bonds is 10. The molecule has 3 aromatic carbocycles. The number of carbonyl (C=O) groups excluding carboxylic acids is 2. The monoisotopic (exact) mass is 514 g/mol. The molecule has 0 aliphatic carbocycles. The molecule has 3 amide bonds. The summed E-state index contributed by atoms with van der Waals surface area (Å²) in [5, 5.41) is 8.62. The molecule has 0 unspecified atom stereocenters. The molecule has 1 heterocycles. The molecular formula is C31H38N4O3. The molecule has 0 radical (unpaired) electrons. The summed E-state index contributed by atoms with van der Waals surface area (Å²) in [7, 11) is 0. The van der Waals surface area contributed by atoms with Gasteiger partial charge in [0.05, 0.1) is 0 Å². The number of para-hydroxylation sites is 2. The molecule has 0 spiro atoms. The van der Waals surface area contributed by atoms with Crippen molar-refractivity contribution in [2.24, 2.45) is 5.92 Å². The molecule has 1 aliphatic rings. The average Bonchev–Trinajstić information content (AvgIpc) is 2.93. The van der Waals surface area contributed by atoms with Crippen molar-refractivity contribution in [3.63, 3.8) is 0 Å². The third kappa shape index (κ3) is 8.63. The lowest BCUT2D eigenvalue weighted by atomic mass is 9.84. The maximum Gasteiger partial charge on any atom is 0.411 e. The topological polar surface area (TPSA) is 82.7 Å². The number of ether oxygens (including phenoxy) is 1. The van der Waals surface area contributed by atoms with Crippen LogP contribution in [0, 0.1) is 5.92 Å². The highest BCUT2D eigenvalue weighted by atomic mass is 16.6. The number of hydrogen-bond acceptors (Lipinski definition) is 4. The molecule has 0 bridgehead atoms. The van der Waals surface area contributed by atoms with Gasteiger partial charge in [-0.15, -0.1) is 0 Å². The first kappa shape index (κ1) is 27.2. The summed E-state index contributed by atoms with van der Waals surface area (Å²) in [6, 6.07) is 29.3. The van der Waals surface area contributed by atoms with Crippen LogP contribution in [0.4, 0.5) is 21.0 Å². The van der Waals surface area contributed by atoms with Gasteiger partial charge in [-0.3, -0.25) is 10.2 Å². The zero-order valence-electron chi connectivity index (χ0n) is 22.0.